The molecule has 9 heteroatoms. The van der Waals surface area contributed by atoms with Crippen molar-refractivity contribution in [1.29, 1.82) is 0 Å². The molecule has 1 saturated heterocycles. The van der Waals surface area contributed by atoms with Crippen LogP contribution in [0.2, 0.25) is 0 Å². The summed E-state index contributed by atoms with van der Waals surface area (Å²) in [5, 5.41) is 2.97. The minimum absolute atomic E-state index is 0.0607. The van der Waals surface area contributed by atoms with E-state index in [0.29, 0.717) is 16.7 Å². The number of carbonyl (C=O) groups excluding carboxylic acids is 1. The van der Waals surface area contributed by atoms with E-state index in [1.807, 2.05) is 31.2 Å². The standard InChI is InChI=1S/C22H25N7O2/c1-14(20(30)23-15-7-8-18-19(13-15)27-22(31)26-18)28-9-4-10-29(12-11-28)21-24-16-5-2-3-6-17(16)25-21/h2-3,5-8,13-14H,4,9-12H2,1H3,(H,23,30)(H,24,25)(H2,26,27,31). The van der Waals surface area contributed by atoms with Crippen LogP contribution in [0.4, 0.5) is 11.6 Å². The number of anilines is 2. The Morgan fingerprint density at radius 1 is 1.00 bits per heavy atom. The van der Waals surface area contributed by atoms with Gasteiger partial charge in [0.25, 0.3) is 0 Å². The molecule has 1 unspecified atom stereocenters. The molecule has 0 aliphatic carbocycles. The van der Waals surface area contributed by atoms with Crippen molar-refractivity contribution >= 4 is 39.6 Å². The first-order valence-corrected chi connectivity index (χ1v) is 10.5. The van der Waals surface area contributed by atoms with Gasteiger partial charge >= 0.3 is 5.69 Å². The van der Waals surface area contributed by atoms with Crippen LogP contribution in [0, 0.1) is 0 Å². The predicted molar refractivity (Wildman–Crippen MR) is 122 cm³/mol. The van der Waals surface area contributed by atoms with E-state index in [2.05, 4.69) is 30.1 Å². The Morgan fingerprint density at radius 3 is 2.71 bits per heavy atom. The van der Waals surface area contributed by atoms with E-state index < -0.39 is 0 Å². The van der Waals surface area contributed by atoms with Gasteiger partial charge in [-0.1, -0.05) is 12.1 Å². The maximum absolute atomic E-state index is 12.9. The number of rotatable bonds is 4. The van der Waals surface area contributed by atoms with Crippen LogP contribution < -0.4 is 15.9 Å². The fraction of sp³-hybridized carbons (Fsp3) is 0.318. The molecule has 1 amide bonds. The quantitative estimate of drug-likeness (QED) is 0.405. The number of fused-ring (bicyclic) bond motifs is 2. The molecule has 4 aromatic rings. The number of benzene rings is 2. The van der Waals surface area contributed by atoms with E-state index in [-0.39, 0.29) is 17.6 Å². The van der Waals surface area contributed by atoms with Crippen molar-refractivity contribution in [3.05, 3.63) is 52.9 Å². The zero-order valence-corrected chi connectivity index (χ0v) is 17.3. The molecule has 160 valence electrons. The molecule has 0 spiro atoms. The third-order valence-corrected chi connectivity index (χ3v) is 5.92. The van der Waals surface area contributed by atoms with Crippen molar-refractivity contribution in [2.75, 3.05) is 36.4 Å². The molecule has 2 aromatic heterocycles. The molecule has 4 N–H and O–H groups in total. The number of carbonyl (C=O) groups is 1. The van der Waals surface area contributed by atoms with Gasteiger partial charge in [-0.15, -0.1) is 0 Å². The smallest absolute Gasteiger partial charge is 0.323 e. The molecule has 31 heavy (non-hydrogen) atoms. The van der Waals surface area contributed by atoms with Gasteiger partial charge in [-0.05, 0) is 43.7 Å². The van der Waals surface area contributed by atoms with Gasteiger partial charge in [-0.2, -0.15) is 0 Å². The Bertz CT molecular complexity index is 1250. The molecular formula is C22H25N7O2. The predicted octanol–water partition coefficient (Wildman–Crippen LogP) is 2.27. The van der Waals surface area contributed by atoms with Gasteiger partial charge in [0.2, 0.25) is 11.9 Å². The summed E-state index contributed by atoms with van der Waals surface area (Å²) in [6.45, 7) is 5.24. The highest BCUT2D eigenvalue weighted by molar-refractivity contribution is 5.96. The fourth-order valence-corrected chi connectivity index (χ4v) is 4.15. The molecule has 3 heterocycles. The number of nitrogens with zero attached hydrogens (tertiary/aromatic N) is 3. The Labute approximate surface area is 178 Å². The van der Waals surface area contributed by atoms with Crippen LogP contribution in [0.5, 0.6) is 0 Å². The SMILES string of the molecule is CC(C(=O)Nc1ccc2[nH]c(=O)[nH]c2c1)N1CCCN(c2nc3ccccc3[nH]2)CC1. The molecule has 0 radical (unpaired) electrons. The lowest BCUT2D eigenvalue weighted by Crippen LogP contribution is -2.44. The second-order valence-electron chi connectivity index (χ2n) is 7.96. The number of H-pyrrole nitrogens is 3. The van der Waals surface area contributed by atoms with Crippen molar-refractivity contribution < 1.29 is 4.79 Å². The minimum atomic E-state index is -0.267. The maximum Gasteiger partial charge on any atom is 0.323 e. The zero-order valence-electron chi connectivity index (χ0n) is 17.3. The molecule has 5 rings (SSSR count). The van der Waals surface area contributed by atoms with E-state index in [1.54, 1.807) is 18.2 Å². The third-order valence-electron chi connectivity index (χ3n) is 5.92. The van der Waals surface area contributed by atoms with Gasteiger partial charge in [0, 0.05) is 31.9 Å². The van der Waals surface area contributed by atoms with Crippen LogP contribution in [-0.4, -0.2) is 63.0 Å². The highest BCUT2D eigenvalue weighted by Crippen LogP contribution is 2.20. The van der Waals surface area contributed by atoms with E-state index in [0.717, 1.165) is 49.6 Å². The molecule has 0 saturated carbocycles. The number of aromatic amines is 3. The van der Waals surface area contributed by atoms with E-state index in [9.17, 15) is 9.59 Å². The van der Waals surface area contributed by atoms with Gasteiger partial charge in [0.15, 0.2) is 0 Å². The monoisotopic (exact) mass is 419 g/mol. The van der Waals surface area contributed by atoms with Crippen LogP contribution in [0.3, 0.4) is 0 Å². The molecule has 2 aromatic carbocycles. The Hall–Kier alpha value is -3.59. The number of hydrogen-bond acceptors (Lipinski definition) is 5. The molecule has 1 aliphatic rings. The Kier molecular flexibility index (Phi) is 4.95. The lowest BCUT2D eigenvalue weighted by atomic mass is 10.2. The summed E-state index contributed by atoms with van der Waals surface area (Å²) in [6, 6.07) is 13.1. The van der Waals surface area contributed by atoms with Gasteiger partial charge in [-0.3, -0.25) is 9.69 Å². The first-order valence-electron chi connectivity index (χ1n) is 10.5. The second kappa shape index (κ2) is 7.92. The van der Waals surface area contributed by atoms with Crippen LogP contribution in [-0.2, 0) is 4.79 Å². The summed E-state index contributed by atoms with van der Waals surface area (Å²) in [6.07, 6.45) is 0.950. The molecule has 1 atom stereocenters. The number of imidazole rings is 2. The topological polar surface area (TPSA) is 113 Å². The van der Waals surface area contributed by atoms with Crippen molar-refractivity contribution in [2.24, 2.45) is 0 Å². The first kappa shape index (κ1) is 19.4. The Balaban J connectivity index is 1.24. The van der Waals surface area contributed by atoms with Gasteiger partial charge in [0.05, 0.1) is 28.1 Å². The number of aromatic nitrogens is 4. The summed E-state index contributed by atoms with van der Waals surface area (Å²) in [5.74, 6) is 0.823. The number of amides is 1. The van der Waals surface area contributed by atoms with Crippen LogP contribution in [0.25, 0.3) is 22.1 Å². The summed E-state index contributed by atoms with van der Waals surface area (Å²) in [4.78, 5) is 42.3. The zero-order chi connectivity index (χ0) is 21.4. The number of hydrogen-bond donors (Lipinski definition) is 4. The lowest BCUT2D eigenvalue weighted by molar-refractivity contribution is -0.120. The number of nitrogens with one attached hydrogen (secondary N) is 4. The van der Waals surface area contributed by atoms with Gasteiger partial charge in [0.1, 0.15) is 0 Å². The van der Waals surface area contributed by atoms with Gasteiger partial charge < -0.3 is 25.2 Å². The minimum Gasteiger partial charge on any atom is -0.341 e. The Morgan fingerprint density at radius 2 is 1.84 bits per heavy atom. The van der Waals surface area contributed by atoms with Crippen LogP contribution in [0.15, 0.2) is 47.3 Å². The highest BCUT2D eigenvalue weighted by atomic mass is 16.2. The fourth-order valence-electron chi connectivity index (χ4n) is 4.15. The highest BCUT2D eigenvalue weighted by Gasteiger charge is 2.25. The molecule has 1 aliphatic heterocycles. The van der Waals surface area contributed by atoms with Gasteiger partial charge in [-0.25, -0.2) is 9.78 Å². The normalized spacial score (nSPS) is 16.5. The maximum atomic E-state index is 12.9. The summed E-state index contributed by atoms with van der Waals surface area (Å²) in [7, 11) is 0. The molecular weight excluding hydrogens is 394 g/mol. The van der Waals surface area contributed by atoms with Crippen molar-refractivity contribution in [1.82, 2.24) is 24.8 Å². The second-order valence-corrected chi connectivity index (χ2v) is 7.96. The lowest BCUT2D eigenvalue weighted by Gasteiger charge is -2.27. The molecule has 9 nitrogen and oxygen atoms in total. The summed E-state index contributed by atoms with van der Waals surface area (Å²) >= 11 is 0. The largest absolute Gasteiger partial charge is 0.341 e. The van der Waals surface area contributed by atoms with Crippen molar-refractivity contribution in [3.8, 4) is 0 Å². The average molecular weight is 419 g/mol. The summed E-state index contributed by atoms with van der Waals surface area (Å²) < 4.78 is 0. The summed E-state index contributed by atoms with van der Waals surface area (Å²) in [5.41, 5.74) is 3.80. The van der Waals surface area contributed by atoms with Crippen molar-refractivity contribution in [3.63, 3.8) is 0 Å². The van der Waals surface area contributed by atoms with E-state index in [4.69, 9.17) is 4.98 Å². The van der Waals surface area contributed by atoms with Crippen LogP contribution in [0.1, 0.15) is 13.3 Å². The molecule has 0 bridgehead atoms. The van der Waals surface area contributed by atoms with E-state index >= 15 is 0 Å². The van der Waals surface area contributed by atoms with E-state index in [1.165, 1.54) is 0 Å². The first-order chi connectivity index (χ1) is 15.1. The van der Waals surface area contributed by atoms with Crippen molar-refractivity contribution in [2.45, 2.75) is 19.4 Å². The number of para-hydroxylation sites is 2. The third kappa shape index (κ3) is 3.91. The molecule has 1 fully saturated rings. The average Bonchev–Trinajstić information content (AvgIpc) is 3.27. The van der Waals surface area contributed by atoms with Crippen LogP contribution >= 0.6 is 0 Å².